The van der Waals surface area contributed by atoms with Gasteiger partial charge in [0.2, 0.25) is 6.79 Å². The topological polar surface area (TPSA) is 61.8 Å². The van der Waals surface area contributed by atoms with Gasteiger partial charge < -0.3 is 14.2 Å². The van der Waals surface area contributed by atoms with Crippen molar-refractivity contribution in [2.75, 3.05) is 6.79 Å². The lowest BCUT2D eigenvalue weighted by Gasteiger charge is -2.07. The molecule has 0 saturated heterocycles. The molecule has 0 saturated carbocycles. The third-order valence-electron chi connectivity index (χ3n) is 2.50. The minimum atomic E-state index is -0.523. The van der Waals surface area contributed by atoms with Crippen molar-refractivity contribution in [1.82, 2.24) is 0 Å². The minimum Gasteiger partial charge on any atom is -0.461 e. The van der Waals surface area contributed by atoms with Crippen LogP contribution >= 0.6 is 12.2 Å². The Bertz CT molecular complexity index is 472. The van der Waals surface area contributed by atoms with Crippen LogP contribution in [0.25, 0.3) is 0 Å². The van der Waals surface area contributed by atoms with Crippen molar-refractivity contribution in [1.29, 1.82) is 0 Å². The van der Waals surface area contributed by atoms with E-state index in [1.54, 1.807) is 0 Å². The molecule has 0 N–H and O–H groups in total. The van der Waals surface area contributed by atoms with Gasteiger partial charge in [0, 0.05) is 6.42 Å². The number of carbonyl (C=O) groups excluding carboxylic acids is 2. The molecular formula is C15H18O5S. The summed E-state index contributed by atoms with van der Waals surface area (Å²) in [5.41, 5.74) is 0.898. The van der Waals surface area contributed by atoms with Crippen LogP contribution in [0.3, 0.4) is 0 Å². The summed E-state index contributed by atoms with van der Waals surface area (Å²) in [6, 6.07) is 9.32. The summed E-state index contributed by atoms with van der Waals surface area (Å²) in [7, 11) is 0. The van der Waals surface area contributed by atoms with Gasteiger partial charge >= 0.3 is 11.9 Å². The standard InChI is InChI=1S/C15H18O5S/c1-2-15(21)20-11-19-14(17)9-8-13(16)18-10-12-6-4-3-5-7-12/h3-7H,2,8-11H2,1H3. The normalized spacial score (nSPS) is 9.76. The molecule has 0 heterocycles. The van der Waals surface area contributed by atoms with E-state index in [9.17, 15) is 9.59 Å². The molecule has 0 amide bonds. The first kappa shape index (κ1) is 17.1. The zero-order chi connectivity index (χ0) is 15.5. The average Bonchev–Trinajstić information content (AvgIpc) is 2.51. The molecule has 0 aliphatic carbocycles. The van der Waals surface area contributed by atoms with Gasteiger partial charge in [-0.05, 0) is 17.8 Å². The van der Waals surface area contributed by atoms with Gasteiger partial charge in [-0.2, -0.15) is 0 Å². The van der Waals surface area contributed by atoms with E-state index in [4.69, 9.17) is 26.4 Å². The second-order valence-corrected chi connectivity index (χ2v) is 4.61. The SMILES string of the molecule is CCC(=S)OCOC(=O)CCC(=O)OCc1ccccc1. The van der Waals surface area contributed by atoms with Crippen LogP contribution in [0.2, 0.25) is 0 Å². The lowest BCUT2D eigenvalue weighted by molar-refractivity contribution is -0.155. The van der Waals surface area contributed by atoms with E-state index in [0.717, 1.165) is 5.56 Å². The van der Waals surface area contributed by atoms with Crippen molar-refractivity contribution in [2.45, 2.75) is 32.8 Å². The Morgan fingerprint density at radius 2 is 1.62 bits per heavy atom. The maximum absolute atomic E-state index is 11.5. The molecule has 6 heteroatoms. The van der Waals surface area contributed by atoms with Crippen molar-refractivity contribution in [3.8, 4) is 0 Å². The zero-order valence-corrected chi connectivity index (χ0v) is 12.7. The molecule has 114 valence electrons. The Morgan fingerprint density at radius 3 is 2.24 bits per heavy atom. The second kappa shape index (κ2) is 9.88. The van der Waals surface area contributed by atoms with E-state index in [2.05, 4.69) is 0 Å². The third kappa shape index (κ3) is 8.04. The van der Waals surface area contributed by atoms with Crippen LogP contribution in [0.1, 0.15) is 31.7 Å². The van der Waals surface area contributed by atoms with Crippen LogP contribution in [0, 0.1) is 0 Å². The number of hydrogen-bond donors (Lipinski definition) is 0. The van der Waals surface area contributed by atoms with Gasteiger partial charge in [-0.1, -0.05) is 37.3 Å². The first-order valence-electron chi connectivity index (χ1n) is 6.62. The predicted octanol–water partition coefficient (Wildman–Crippen LogP) is 2.76. The number of thiocarbonyl (C=S) groups is 1. The zero-order valence-electron chi connectivity index (χ0n) is 11.9. The minimum absolute atomic E-state index is 0.0239. The molecule has 0 unspecified atom stereocenters. The predicted molar refractivity (Wildman–Crippen MR) is 80.4 cm³/mol. The fourth-order valence-corrected chi connectivity index (χ4v) is 1.40. The molecule has 0 radical (unpaired) electrons. The van der Waals surface area contributed by atoms with E-state index in [-0.39, 0.29) is 26.2 Å². The lowest BCUT2D eigenvalue weighted by Crippen LogP contribution is -2.13. The highest BCUT2D eigenvalue weighted by Crippen LogP contribution is 2.03. The van der Waals surface area contributed by atoms with E-state index in [1.807, 2.05) is 37.3 Å². The Kier molecular flexibility index (Phi) is 8.04. The van der Waals surface area contributed by atoms with Gasteiger partial charge in [0.25, 0.3) is 0 Å². The molecule has 0 atom stereocenters. The van der Waals surface area contributed by atoms with Gasteiger partial charge in [0.05, 0.1) is 12.8 Å². The molecular weight excluding hydrogens is 292 g/mol. The van der Waals surface area contributed by atoms with E-state index < -0.39 is 11.9 Å². The highest BCUT2D eigenvalue weighted by molar-refractivity contribution is 7.80. The molecule has 21 heavy (non-hydrogen) atoms. The first-order chi connectivity index (χ1) is 10.1. The fourth-order valence-electron chi connectivity index (χ4n) is 1.35. The third-order valence-corrected chi connectivity index (χ3v) is 2.91. The van der Waals surface area contributed by atoms with Gasteiger partial charge in [-0.15, -0.1) is 0 Å². The maximum Gasteiger partial charge on any atom is 0.309 e. The number of rotatable bonds is 8. The number of ether oxygens (including phenoxy) is 3. The molecule has 0 aliphatic heterocycles. The molecule has 5 nitrogen and oxygen atoms in total. The summed E-state index contributed by atoms with van der Waals surface area (Å²) in [6.45, 7) is 1.82. The van der Waals surface area contributed by atoms with Crippen LogP contribution in [-0.2, 0) is 30.4 Å². The molecule has 0 bridgehead atoms. The molecule has 0 aliphatic rings. The van der Waals surface area contributed by atoms with Crippen LogP contribution < -0.4 is 0 Å². The summed E-state index contributed by atoms with van der Waals surface area (Å²) in [5, 5.41) is 0.380. The summed E-state index contributed by atoms with van der Waals surface area (Å²) in [6.07, 6.45) is 0.512. The van der Waals surface area contributed by atoms with Crippen molar-refractivity contribution in [3.05, 3.63) is 35.9 Å². The van der Waals surface area contributed by atoms with Crippen LogP contribution in [-0.4, -0.2) is 23.8 Å². The van der Waals surface area contributed by atoms with Crippen molar-refractivity contribution in [3.63, 3.8) is 0 Å². The first-order valence-corrected chi connectivity index (χ1v) is 7.03. The van der Waals surface area contributed by atoms with Crippen LogP contribution in [0.15, 0.2) is 30.3 Å². The van der Waals surface area contributed by atoms with Gasteiger partial charge in [0.1, 0.15) is 6.61 Å². The highest BCUT2D eigenvalue weighted by atomic mass is 32.1. The highest BCUT2D eigenvalue weighted by Gasteiger charge is 2.09. The monoisotopic (exact) mass is 310 g/mol. The van der Waals surface area contributed by atoms with Crippen molar-refractivity contribution in [2.24, 2.45) is 0 Å². The number of benzene rings is 1. The molecule has 0 aromatic heterocycles. The van der Waals surface area contributed by atoms with E-state index in [1.165, 1.54) is 0 Å². The smallest absolute Gasteiger partial charge is 0.309 e. The van der Waals surface area contributed by atoms with Crippen LogP contribution in [0.5, 0.6) is 0 Å². The molecule has 1 aromatic rings. The van der Waals surface area contributed by atoms with E-state index >= 15 is 0 Å². The lowest BCUT2D eigenvalue weighted by atomic mass is 10.2. The quantitative estimate of drug-likeness (QED) is 0.418. The Morgan fingerprint density at radius 1 is 1.00 bits per heavy atom. The van der Waals surface area contributed by atoms with E-state index in [0.29, 0.717) is 11.5 Å². The molecule has 0 fully saturated rings. The van der Waals surface area contributed by atoms with Crippen molar-refractivity contribution >= 4 is 29.2 Å². The Balaban J connectivity index is 2.12. The number of hydrogen-bond acceptors (Lipinski definition) is 6. The summed E-state index contributed by atoms with van der Waals surface area (Å²) >= 11 is 4.81. The Hall–Kier alpha value is -1.95. The largest absolute Gasteiger partial charge is 0.461 e. The molecule has 1 aromatic carbocycles. The van der Waals surface area contributed by atoms with Gasteiger partial charge in [-0.3, -0.25) is 9.59 Å². The number of esters is 2. The molecule has 0 spiro atoms. The Labute approximate surface area is 129 Å². The summed E-state index contributed by atoms with van der Waals surface area (Å²) in [4.78, 5) is 22.8. The van der Waals surface area contributed by atoms with Gasteiger partial charge in [0.15, 0.2) is 5.05 Å². The number of carbonyl (C=O) groups is 2. The van der Waals surface area contributed by atoms with Crippen molar-refractivity contribution < 1.29 is 23.8 Å². The summed E-state index contributed by atoms with van der Waals surface area (Å²) < 4.78 is 14.8. The second-order valence-electron chi connectivity index (χ2n) is 4.15. The average molecular weight is 310 g/mol. The molecule has 1 rings (SSSR count). The van der Waals surface area contributed by atoms with Crippen LogP contribution in [0.4, 0.5) is 0 Å². The summed E-state index contributed by atoms with van der Waals surface area (Å²) in [5.74, 6) is -0.966. The fraction of sp³-hybridized carbons (Fsp3) is 0.400. The van der Waals surface area contributed by atoms with Gasteiger partial charge in [-0.25, -0.2) is 0 Å². The maximum atomic E-state index is 11.5.